The topological polar surface area (TPSA) is 55.1 Å². The number of nitrogens with zero attached hydrogens (tertiary/aromatic N) is 1. The van der Waals surface area contributed by atoms with Crippen LogP contribution in [0.2, 0.25) is 0 Å². The molecular weight excluding hydrogens is 261 g/mol. The average Bonchev–Trinajstić information content (AvgIpc) is 2.75. The zero-order valence-electron chi connectivity index (χ0n) is 9.78. The molecule has 0 aliphatic heterocycles. The van der Waals surface area contributed by atoms with Crippen LogP contribution in [0.4, 0.5) is 18.9 Å². The number of rotatable bonds is 2. The summed E-state index contributed by atoms with van der Waals surface area (Å²) in [5.41, 5.74) is 0.134. The molecule has 2 aromatic rings. The molecule has 1 aromatic heterocycles. The second-order valence-corrected chi connectivity index (χ2v) is 3.84. The summed E-state index contributed by atoms with van der Waals surface area (Å²) in [5, 5.41) is 6.00. The highest BCUT2D eigenvalue weighted by atomic mass is 19.4. The number of hydrogen-bond donors (Lipinski definition) is 1. The number of benzene rings is 1. The molecule has 100 valence electrons. The van der Waals surface area contributed by atoms with E-state index in [4.69, 9.17) is 0 Å². The first kappa shape index (κ1) is 13.1. The predicted molar refractivity (Wildman–Crippen MR) is 60.6 cm³/mol. The van der Waals surface area contributed by atoms with Gasteiger partial charge in [-0.3, -0.25) is 4.79 Å². The third-order valence-corrected chi connectivity index (χ3v) is 2.46. The van der Waals surface area contributed by atoms with Crippen molar-refractivity contribution < 1.29 is 22.5 Å². The van der Waals surface area contributed by atoms with Crippen molar-refractivity contribution in [1.82, 2.24) is 5.16 Å². The summed E-state index contributed by atoms with van der Waals surface area (Å²) in [6.07, 6.45) is -3.22. The molecular formula is C12H9F3N2O2. The summed E-state index contributed by atoms with van der Waals surface area (Å²) >= 11 is 0. The zero-order valence-corrected chi connectivity index (χ0v) is 9.78. The first-order valence-electron chi connectivity index (χ1n) is 5.27. The predicted octanol–water partition coefficient (Wildman–Crippen LogP) is 3.25. The lowest BCUT2D eigenvalue weighted by atomic mass is 10.2. The number of carbonyl (C=O) groups is 1. The summed E-state index contributed by atoms with van der Waals surface area (Å²) < 4.78 is 41.7. The molecule has 7 heteroatoms. The average molecular weight is 270 g/mol. The van der Waals surface area contributed by atoms with Gasteiger partial charge in [-0.15, -0.1) is 0 Å². The molecule has 0 saturated carbocycles. The molecule has 1 aromatic carbocycles. The molecule has 0 radical (unpaired) electrons. The number of hydrogen-bond acceptors (Lipinski definition) is 3. The van der Waals surface area contributed by atoms with Gasteiger partial charge in [0.2, 0.25) is 0 Å². The van der Waals surface area contributed by atoms with Gasteiger partial charge >= 0.3 is 6.18 Å². The van der Waals surface area contributed by atoms with E-state index in [2.05, 4.69) is 15.0 Å². The van der Waals surface area contributed by atoms with Crippen molar-refractivity contribution in [3.05, 3.63) is 47.3 Å². The number of carbonyl (C=O) groups excluding carboxylic acids is 1. The molecule has 2 rings (SSSR count). The lowest BCUT2D eigenvalue weighted by molar-refractivity contribution is -0.137. The van der Waals surface area contributed by atoms with Gasteiger partial charge in [-0.1, -0.05) is 5.16 Å². The van der Waals surface area contributed by atoms with E-state index >= 15 is 0 Å². The fraction of sp³-hybridized carbons (Fsp3) is 0.167. The largest absolute Gasteiger partial charge is 0.416 e. The van der Waals surface area contributed by atoms with E-state index in [0.717, 1.165) is 12.1 Å². The number of amides is 1. The Morgan fingerprint density at radius 2 is 1.89 bits per heavy atom. The van der Waals surface area contributed by atoms with Crippen LogP contribution in [0.15, 0.2) is 35.1 Å². The highest BCUT2D eigenvalue weighted by molar-refractivity contribution is 6.04. The lowest BCUT2D eigenvalue weighted by Gasteiger charge is -2.08. The van der Waals surface area contributed by atoms with Crippen LogP contribution in [0.1, 0.15) is 21.6 Å². The SMILES string of the molecule is Cc1nocc1C(=O)Nc1ccc(C(F)(F)F)cc1. The van der Waals surface area contributed by atoms with E-state index in [-0.39, 0.29) is 11.3 Å². The Morgan fingerprint density at radius 3 is 2.37 bits per heavy atom. The standard InChI is InChI=1S/C12H9F3N2O2/c1-7-10(6-19-17-7)11(18)16-9-4-2-8(3-5-9)12(13,14)15/h2-6H,1H3,(H,16,18). The summed E-state index contributed by atoms with van der Waals surface area (Å²) in [4.78, 5) is 11.7. The van der Waals surface area contributed by atoms with Gasteiger partial charge in [0.1, 0.15) is 11.8 Å². The molecule has 4 nitrogen and oxygen atoms in total. The van der Waals surface area contributed by atoms with Crippen LogP contribution in [-0.4, -0.2) is 11.1 Å². The van der Waals surface area contributed by atoms with E-state index < -0.39 is 17.6 Å². The van der Waals surface area contributed by atoms with Crippen LogP contribution in [0.25, 0.3) is 0 Å². The first-order chi connectivity index (χ1) is 8.88. The highest BCUT2D eigenvalue weighted by Gasteiger charge is 2.30. The molecule has 0 aliphatic carbocycles. The van der Waals surface area contributed by atoms with Crippen LogP contribution in [-0.2, 0) is 6.18 Å². The molecule has 0 atom stereocenters. The second kappa shape index (κ2) is 4.75. The van der Waals surface area contributed by atoms with Crippen molar-refractivity contribution in [2.24, 2.45) is 0 Å². The van der Waals surface area contributed by atoms with Crippen molar-refractivity contribution in [3.63, 3.8) is 0 Å². The summed E-state index contributed by atoms with van der Waals surface area (Å²) in [5.74, 6) is -0.487. The Balaban J connectivity index is 2.12. The van der Waals surface area contributed by atoms with Gasteiger partial charge in [-0.05, 0) is 31.2 Å². The van der Waals surface area contributed by atoms with Gasteiger partial charge in [0.25, 0.3) is 5.91 Å². The Labute approximate surface area is 106 Å². The van der Waals surface area contributed by atoms with Crippen molar-refractivity contribution in [1.29, 1.82) is 0 Å². The Bertz CT molecular complexity index is 588. The van der Waals surface area contributed by atoms with Crippen LogP contribution in [0.5, 0.6) is 0 Å². The molecule has 0 spiro atoms. The van der Waals surface area contributed by atoms with Crippen molar-refractivity contribution >= 4 is 11.6 Å². The number of halogens is 3. The first-order valence-corrected chi connectivity index (χ1v) is 5.27. The molecule has 0 bridgehead atoms. The van der Waals surface area contributed by atoms with Gasteiger partial charge in [0.15, 0.2) is 0 Å². The smallest absolute Gasteiger partial charge is 0.364 e. The van der Waals surface area contributed by atoms with Crippen LogP contribution in [0.3, 0.4) is 0 Å². The van der Waals surface area contributed by atoms with E-state index in [1.165, 1.54) is 18.4 Å². The summed E-state index contributed by atoms with van der Waals surface area (Å²) in [7, 11) is 0. The molecule has 1 amide bonds. The second-order valence-electron chi connectivity index (χ2n) is 3.84. The van der Waals surface area contributed by atoms with Gasteiger partial charge in [0, 0.05) is 5.69 Å². The van der Waals surface area contributed by atoms with Crippen molar-refractivity contribution in [3.8, 4) is 0 Å². The van der Waals surface area contributed by atoms with Crippen molar-refractivity contribution in [2.75, 3.05) is 5.32 Å². The third-order valence-electron chi connectivity index (χ3n) is 2.46. The van der Waals surface area contributed by atoms with E-state index in [1.807, 2.05) is 0 Å². The fourth-order valence-corrected chi connectivity index (χ4v) is 1.45. The monoisotopic (exact) mass is 270 g/mol. The molecule has 0 fully saturated rings. The van der Waals surface area contributed by atoms with Crippen LogP contribution >= 0.6 is 0 Å². The number of alkyl halides is 3. The fourth-order valence-electron chi connectivity index (χ4n) is 1.45. The van der Waals surface area contributed by atoms with Gasteiger partial charge in [-0.25, -0.2) is 0 Å². The maximum atomic E-state index is 12.4. The Morgan fingerprint density at radius 1 is 1.26 bits per heavy atom. The maximum Gasteiger partial charge on any atom is 0.416 e. The number of aryl methyl sites for hydroxylation is 1. The minimum absolute atomic E-state index is 0.236. The quantitative estimate of drug-likeness (QED) is 0.911. The van der Waals surface area contributed by atoms with Crippen LogP contribution < -0.4 is 5.32 Å². The minimum Gasteiger partial charge on any atom is -0.364 e. The van der Waals surface area contributed by atoms with E-state index in [0.29, 0.717) is 5.69 Å². The number of aromatic nitrogens is 1. The molecule has 1 heterocycles. The zero-order chi connectivity index (χ0) is 14.0. The molecule has 1 N–H and O–H groups in total. The molecule has 0 unspecified atom stereocenters. The Kier molecular flexibility index (Phi) is 3.28. The van der Waals surface area contributed by atoms with E-state index in [1.54, 1.807) is 6.92 Å². The van der Waals surface area contributed by atoms with Crippen LogP contribution in [0, 0.1) is 6.92 Å². The summed E-state index contributed by atoms with van der Waals surface area (Å²) in [6, 6.07) is 4.17. The van der Waals surface area contributed by atoms with Gasteiger partial charge in [-0.2, -0.15) is 13.2 Å². The maximum absolute atomic E-state index is 12.4. The van der Waals surface area contributed by atoms with Gasteiger partial charge in [0.05, 0.1) is 11.3 Å². The summed E-state index contributed by atoms with van der Waals surface area (Å²) in [6.45, 7) is 1.59. The third kappa shape index (κ3) is 2.93. The van der Waals surface area contributed by atoms with Crippen molar-refractivity contribution in [2.45, 2.75) is 13.1 Å². The minimum atomic E-state index is -4.40. The normalized spacial score (nSPS) is 11.4. The molecule has 0 saturated heterocycles. The van der Waals surface area contributed by atoms with Gasteiger partial charge < -0.3 is 9.84 Å². The highest BCUT2D eigenvalue weighted by Crippen LogP contribution is 2.29. The Hall–Kier alpha value is -2.31. The number of anilines is 1. The number of nitrogens with one attached hydrogen (secondary N) is 1. The lowest BCUT2D eigenvalue weighted by Crippen LogP contribution is -2.12. The van der Waals surface area contributed by atoms with E-state index in [9.17, 15) is 18.0 Å². The molecule has 19 heavy (non-hydrogen) atoms. The molecule has 0 aliphatic rings.